The van der Waals surface area contributed by atoms with Crippen LogP contribution in [0.15, 0.2) is 18.2 Å². The van der Waals surface area contributed by atoms with Gasteiger partial charge in [-0.25, -0.2) is 0 Å². The minimum atomic E-state index is 0.542. The van der Waals surface area contributed by atoms with Gasteiger partial charge < -0.3 is 10.5 Å². The van der Waals surface area contributed by atoms with Crippen LogP contribution in [0.1, 0.15) is 45.4 Å². The van der Waals surface area contributed by atoms with Crippen molar-refractivity contribution < 1.29 is 4.74 Å². The van der Waals surface area contributed by atoms with E-state index < -0.39 is 0 Å². The topological polar surface area (TPSA) is 35.2 Å². The molecule has 17 heavy (non-hydrogen) atoms. The third-order valence-corrected chi connectivity index (χ3v) is 3.10. The Hall–Kier alpha value is -0.890. The summed E-state index contributed by atoms with van der Waals surface area (Å²) in [5, 5.41) is 0.561. The van der Waals surface area contributed by atoms with Gasteiger partial charge in [-0.15, -0.1) is 0 Å². The van der Waals surface area contributed by atoms with Crippen molar-refractivity contribution in [3.63, 3.8) is 0 Å². The Balaban J connectivity index is 2.16. The van der Waals surface area contributed by atoms with Crippen LogP contribution in [0.5, 0.6) is 5.75 Å². The molecule has 0 radical (unpaired) electrons. The van der Waals surface area contributed by atoms with Crippen LogP contribution in [0.4, 0.5) is 5.69 Å². The van der Waals surface area contributed by atoms with E-state index in [1.165, 1.54) is 32.1 Å². The Morgan fingerprint density at radius 2 is 1.82 bits per heavy atom. The van der Waals surface area contributed by atoms with E-state index in [9.17, 15) is 0 Å². The van der Waals surface area contributed by atoms with Gasteiger partial charge in [0.05, 0.1) is 17.3 Å². The number of nitrogen functional groups attached to an aromatic ring is 1. The maximum Gasteiger partial charge on any atom is 0.143 e. The van der Waals surface area contributed by atoms with Crippen molar-refractivity contribution in [1.82, 2.24) is 0 Å². The number of ether oxygens (including phenoxy) is 1. The summed E-state index contributed by atoms with van der Waals surface area (Å²) in [5.41, 5.74) is 6.35. The second kappa shape index (κ2) is 8.24. The van der Waals surface area contributed by atoms with E-state index in [1.54, 1.807) is 6.07 Å². The monoisotopic (exact) mass is 255 g/mol. The molecule has 2 N–H and O–H groups in total. The van der Waals surface area contributed by atoms with Crippen LogP contribution >= 0.6 is 11.6 Å². The van der Waals surface area contributed by atoms with Crippen molar-refractivity contribution in [2.75, 3.05) is 12.3 Å². The highest BCUT2D eigenvalue weighted by Gasteiger charge is 2.03. The maximum absolute atomic E-state index is 5.91. The fourth-order valence-electron chi connectivity index (χ4n) is 1.71. The SMILES string of the molecule is CCCCCCCCOc1cccc(Cl)c1N. The number of benzene rings is 1. The first kappa shape index (κ1) is 14.2. The van der Waals surface area contributed by atoms with Gasteiger partial charge in [0, 0.05) is 0 Å². The number of unbranched alkanes of at least 4 members (excludes halogenated alkanes) is 5. The van der Waals surface area contributed by atoms with Crippen LogP contribution in [0.25, 0.3) is 0 Å². The molecular formula is C14H22ClNO. The number of hydrogen-bond acceptors (Lipinski definition) is 2. The van der Waals surface area contributed by atoms with E-state index in [4.69, 9.17) is 22.1 Å². The largest absolute Gasteiger partial charge is 0.491 e. The lowest BCUT2D eigenvalue weighted by atomic mass is 10.1. The van der Waals surface area contributed by atoms with Crippen molar-refractivity contribution in [1.29, 1.82) is 0 Å². The fraction of sp³-hybridized carbons (Fsp3) is 0.571. The molecular weight excluding hydrogens is 234 g/mol. The summed E-state index contributed by atoms with van der Waals surface area (Å²) < 4.78 is 5.61. The molecule has 1 aromatic carbocycles. The molecule has 3 heteroatoms. The van der Waals surface area contributed by atoms with Crippen molar-refractivity contribution in [2.24, 2.45) is 0 Å². The Bertz CT molecular complexity index is 328. The molecule has 0 heterocycles. The van der Waals surface area contributed by atoms with Crippen molar-refractivity contribution in [3.05, 3.63) is 23.2 Å². The third-order valence-electron chi connectivity index (χ3n) is 2.77. The molecule has 0 aromatic heterocycles. The number of hydrogen-bond donors (Lipinski definition) is 1. The Labute approximate surface area is 109 Å². The molecule has 0 aliphatic heterocycles. The van der Waals surface area contributed by atoms with Gasteiger partial charge in [-0.3, -0.25) is 0 Å². The zero-order valence-electron chi connectivity index (χ0n) is 10.5. The van der Waals surface area contributed by atoms with Gasteiger partial charge in [-0.05, 0) is 18.6 Å². The Kier molecular flexibility index (Phi) is 6.87. The molecule has 0 aliphatic rings. The second-order valence-electron chi connectivity index (χ2n) is 4.27. The van der Waals surface area contributed by atoms with Gasteiger partial charge in [0.1, 0.15) is 5.75 Å². The predicted molar refractivity (Wildman–Crippen MR) is 74.7 cm³/mol. The first-order valence-corrected chi connectivity index (χ1v) is 6.80. The maximum atomic E-state index is 5.91. The Morgan fingerprint density at radius 1 is 1.12 bits per heavy atom. The fourth-order valence-corrected chi connectivity index (χ4v) is 1.87. The molecule has 0 saturated carbocycles. The number of nitrogens with two attached hydrogens (primary N) is 1. The highest BCUT2D eigenvalue weighted by atomic mass is 35.5. The molecule has 0 bridgehead atoms. The molecule has 0 saturated heterocycles. The average molecular weight is 256 g/mol. The zero-order chi connectivity index (χ0) is 12.5. The summed E-state index contributed by atoms with van der Waals surface area (Å²) >= 11 is 5.91. The molecule has 1 aromatic rings. The van der Waals surface area contributed by atoms with Crippen molar-refractivity contribution >= 4 is 17.3 Å². The van der Waals surface area contributed by atoms with Crippen LogP contribution in [-0.4, -0.2) is 6.61 Å². The van der Waals surface area contributed by atoms with Gasteiger partial charge in [-0.2, -0.15) is 0 Å². The average Bonchev–Trinajstić information content (AvgIpc) is 2.33. The minimum Gasteiger partial charge on any atom is -0.491 e. The first-order chi connectivity index (χ1) is 8.25. The lowest BCUT2D eigenvalue weighted by Gasteiger charge is -2.09. The first-order valence-electron chi connectivity index (χ1n) is 6.42. The zero-order valence-corrected chi connectivity index (χ0v) is 11.3. The van der Waals surface area contributed by atoms with Crippen molar-refractivity contribution in [2.45, 2.75) is 45.4 Å². The number of halogens is 1. The molecule has 0 fully saturated rings. The normalized spacial score (nSPS) is 10.5. The Morgan fingerprint density at radius 3 is 2.59 bits per heavy atom. The molecule has 2 nitrogen and oxygen atoms in total. The van der Waals surface area contributed by atoms with Crippen LogP contribution in [-0.2, 0) is 0 Å². The molecule has 0 unspecified atom stereocenters. The minimum absolute atomic E-state index is 0.542. The summed E-state index contributed by atoms with van der Waals surface area (Å²) in [7, 11) is 0. The molecule has 0 atom stereocenters. The quantitative estimate of drug-likeness (QED) is 0.542. The molecule has 96 valence electrons. The number of rotatable bonds is 8. The smallest absolute Gasteiger partial charge is 0.143 e. The third kappa shape index (κ3) is 5.31. The summed E-state index contributed by atoms with van der Waals surface area (Å²) in [6.45, 7) is 2.95. The number of para-hydroxylation sites is 1. The second-order valence-corrected chi connectivity index (χ2v) is 4.68. The van der Waals surface area contributed by atoms with E-state index in [0.29, 0.717) is 16.5 Å². The van der Waals surface area contributed by atoms with E-state index in [0.717, 1.165) is 13.0 Å². The van der Waals surface area contributed by atoms with Gasteiger partial charge in [0.2, 0.25) is 0 Å². The van der Waals surface area contributed by atoms with E-state index in [2.05, 4.69) is 6.92 Å². The van der Waals surface area contributed by atoms with Gasteiger partial charge in [0.15, 0.2) is 0 Å². The summed E-state index contributed by atoms with van der Waals surface area (Å²) in [6, 6.07) is 5.49. The lowest BCUT2D eigenvalue weighted by molar-refractivity contribution is 0.306. The summed E-state index contributed by atoms with van der Waals surface area (Å²) in [6.07, 6.45) is 7.55. The highest BCUT2D eigenvalue weighted by Crippen LogP contribution is 2.28. The highest BCUT2D eigenvalue weighted by molar-refractivity contribution is 6.33. The summed E-state index contributed by atoms with van der Waals surface area (Å²) in [4.78, 5) is 0. The van der Waals surface area contributed by atoms with Gasteiger partial charge in [-0.1, -0.05) is 56.7 Å². The molecule has 1 rings (SSSR count). The van der Waals surface area contributed by atoms with Gasteiger partial charge >= 0.3 is 0 Å². The van der Waals surface area contributed by atoms with E-state index in [1.807, 2.05) is 12.1 Å². The van der Waals surface area contributed by atoms with Crippen LogP contribution in [0.2, 0.25) is 5.02 Å². The van der Waals surface area contributed by atoms with Crippen LogP contribution < -0.4 is 10.5 Å². The standard InChI is InChI=1S/C14H22ClNO/c1-2-3-4-5-6-7-11-17-13-10-8-9-12(15)14(13)16/h8-10H,2-7,11,16H2,1H3. The van der Waals surface area contributed by atoms with Crippen LogP contribution in [0.3, 0.4) is 0 Å². The molecule has 0 spiro atoms. The van der Waals surface area contributed by atoms with E-state index in [-0.39, 0.29) is 0 Å². The van der Waals surface area contributed by atoms with Crippen molar-refractivity contribution in [3.8, 4) is 5.75 Å². The molecule has 0 aliphatic carbocycles. The molecule has 0 amide bonds. The predicted octanol–water partition coefficient (Wildman–Crippen LogP) is 4.66. The van der Waals surface area contributed by atoms with Crippen LogP contribution in [0, 0.1) is 0 Å². The summed E-state index contributed by atoms with van der Waals surface area (Å²) in [5.74, 6) is 0.700. The van der Waals surface area contributed by atoms with Gasteiger partial charge in [0.25, 0.3) is 0 Å². The number of anilines is 1. The lowest BCUT2D eigenvalue weighted by Crippen LogP contribution is -2.00. The van der Waals surface area contributed by atoms with E-state index >= 15 is 0 Å².